The van der Waals surface area contributed by atoms with Crippen molar-refractivity contribution in [3.8, 4) is 5.75 Å². The Bertz CT molecular complexity index is 370. The molecule has 0 amide bonds. The number of nitrogens with two attached hydrogens (primary N) is 1. The summed E-state index contributed by atoms with van der Waals surface area (Å²) in [5.41, 5.74) is 7.22. The van der Waals surface area contributed by atoms with E-state index in [9.17, 15) is 0 Å². The molecule has 0 spiro atoms. The summed E-state index contributed by atoms with van der Waals surface area (Å²) in [5.74, 6) is 1.27. The number of hydrogen-bond acceptors (Lipinski definition) is 4. The van der Waals surface area contributed by atoms with Crippen LogP contribution in [0.2, 0.25) is 0 Å². The van der Waals surface area contributed by atoms with Crippen LogP contribution >= 0.6 is 0 Å². The first-order chi connectivity index (χ1) is 8.22. The average molecular weight is 236 g/mol. The van der Waals surface area contributed by atoms with Gasteiger partial charge < -0.3 is 15.2 Å². The van der Waals surface area contributed by atoms with Crippen LogP contribution in [0, 0.1) is 5.92 Å². The van der Waals surface area contributed by atoms with E-state index in [1.807, 2.05) is 13.0 Å². The molecular formula is C13H20N2O2. The van der Waals surface area contributed by atoms with E-state index >= 15 is 0 Å². The number of aromatic nitrogens is 1. The van der Waals surface area contributed by atoms with Crippen molar-refractivity contribution in [2.45, 2.75) is 32.4 Å². The van der Waals surface area contributed by atoms with E-state index < -0.39 is 0 Å². The summed E-state index contributed by atoms with van der Waals surface area (Å²) in [6.07, 6.45) is 4.67. The summed E-state index contributed by atoms with van der Waals surface area (Å²) in [6.45, 7) is 5.57. The standard InChI is InChI=1S/C13H20N2O2/c1-3-16-11-6-10(7-15-8-11)12(14)13-9(2)4-5-17-13/h6-9,12-13H,3-5,14H2,1-2H3. The van der Waals surface area contributed by atoms with Gasteiger partial charge in [-0.05, 0) is 30.9 Å². The summed E-state index contributed by atoms with van der Waals surface area (Å²) >= 11 is 0. The summed E-state index contributed by atoms with van der Waals surface area (Å²) in [4.78, 5) is 4.16. The third kappa shape index (κ3) is 2.76. The fourth-order valence-electron chi connectivity index (χ4n) is 2.23. The van der Waals surface area contributed by atoms with Gasteiger partial charge in [0.1, 0.15) is 5.75 Å². The lowest BCUT2D eigenvalue weighted by Crippen LogP contribution is -2.29. The molecule has 17 heavy (non-hydrogen) atoms. The summed E-state index contributed by atoms with van der Waals surface area (Å²) in [5, 5.41) is 0. The highest BCUT2D eigenvalue weighted by Gasteiger charge is 2.31. The lowest BCUT2D eigenvalue weighted by atomic mass is 9.94. The molecule has 0 bridgehead atoms. The first kappa shape index (κ1) is 12.3. The minimum Gasteiger partial charge on any atom is -0.492 e. The van der Waals surface area contributed by atoms with E-state index in [1.165, 1.54) is 0 Å². The molecule has 0 aromatic carbocycles. The van der Waals surface area contributed by atoms with Crippen molar-refractivity contribution in [3.05, 3.63) is 24.0 Å². The van der Waals surface area contributed by atoms with Gasteiger partial charge >= 0.3 is 0 Å². The zero-order chi connectivity index (χ0) is 12.3. The molecule has 3 atom stereocenters. The Labute approximate surface area is 102 Å². The molecule has 1 aliphatic heterocycles. The zero-order valence-corrected chi connectivity index (χ0v) is 10.4. The van der Waals surface area contributed by atoms with Crippen molar-refractivity contribution < 1.29 is 9.47 Å². The smallest absolute Gasteiger partial charge is 0.137 e. The summed E-state index contributed by atoms with van der Waals surface area (Å²) < 4.78 is 11.1. The molecule has 94 valence electrons. The van der Waals surface area contributed by atoms with Crippen molar-refractivity contribution in [2.24, 2.45) is 11.7 Å². The van der Waals surface area contributed by atoms with Crippen LogP contribution in [-0.2, 0) is 4.74 Å². The third-order valence-corrected chi connectivity index (χ3v) is 3.23. The number of hydrogen-bond donors (Lipinski definition) is 1. The highest BCUT2D eigenvalue weighted by atomic mass is 16.5. The maximum atomic E-state index is 6.24. The molecule has 0 aliphatic carbocycles. The Morgan fingerprint density at radius 1 is 1.59 bits per heavy atom. The highest BCUT2D eigenvalue weighted by molar-refractivity contribution is 5.26. The number of ether oxygens (including phenoxy) is 2. The molecule has 3 unspecified atom stereocenters. The second-order valence-corrected chi connectivity index (χ2v) is 4.51. The quantitative estimate of drug-likeness (QED) is 0.867. The predicted octanol–water partition coefficient (Wildman–Crippen LogP) is 1.91. The van der Waals surface area contributed by atoms with Crippen molar-refractivity contribution >= 4 is 0 Å². The molecule has 0 saturated carbocycles. The number of nitrogens with zero attached hydrogens (tertiary/aromatic N) is 1. The van der Waals surface area contributed by atoms with Gasteiger partial charge in [-0.2, -0.15) is 0 Å². The van der Waals surface area contributed by atoms with Gasteiger partial charge in [-0.3, -0.25) is 4.98 Å². The number of rotatable bonds is 4. The topological polar surface area (TPSA) is 57.4 Å². The summed E-state index contributed by atoms with van der Waals surface area (Å²) in [7, 11) is 0. The third-order valence-electron chi connectivity index (χ3n) is 3.23. The maximum Gasteiger partial charge on any atom is 0.137 e. The largest absolute Gasteiger partial charge is 0.492 e. The van der Waals surface area contributed by atoms with Crippen LogP contribution in [0.1, 0.15) is 31.9 Å². The lowest BCUT2D eigenvalue weighted by Gasteiger charge is -2.22. The van der Waals surface area contributed by atoms with E-state index in [0.29, 0.717) is 12.5 Å². The van der Waals surface area contributed by atoms with Crippen LogP contribution in [0.25, 0.3) is 0 Å². The summed E-state index contributed by atoms with van der Waals surface area (Å²) in [6, 6.07) is 1.83. The average Bonchev–Trinajstić information content (AvgIpc) is 2.75. The second kappa shape index (κ2) is 5.47. The molecular weight excluding hydrogens is 216 g/mol. The first-order valence-corrected chi connectivity index (χ1v) is 6.17. The second-order valence-electron chi connectivity index (χ2n) is 4.51. The molecule has 4 heteroatoms. The van der Waals surface area contributed by atoms with Gasteiger partial charge in [0.05, 0.1) is 24.9 Å². The molecule has 4 nitrogen and oxygen atoms in total. The van der Waals surface area contributed by atoms with E-state index in [0.717, 1.165) is 24.3 Å². The monoisotopic (exact) mass is 236 g/mol. The predicted molar refractivity (Wildman–Crippen MR) is 65.9 cm³/mol. The van der Waals surface area contributed by atoms with Gasteiger partial charge in [-0.25, -0.2) is 0 Å². The minimum atomic E-state index is -0.125. The Hall–Kier alpha value is -1.13. The normalized spacial score (nSPS) is 25.8. The first-order valence-electron chi connectivity index (χ1n) is 6.17. The molecule has 1 fully saturated rings. The van der Waals surface area contributed by atoms with Gasteiger partial charge in [0.25, 0.3) is 0 Å². The van der Waals surface area contributed by atoms with Crippen molar-refractivity contribution in [2.75, 3.05) is 13.2 Å². The molecule has 1 aliphatic rings. The van der Waals surface area contributed by atoms with Crippen LogP contribution in [0.3, 0.4) is 0 Å². The van der Waals surface area contributed by atoms with E-state index in [1.54, 1.807) is 12.4 Å². The SMILES string of the molecule is CCOc1cncc(C(N)C2OCCC2C)c1. The Morgan fingerprint density at radius 2 is 2.41 bits per heavy atom. The lowest BCUT2D eigenvalue weighted by molar-refractivity contribution is 0.0723. The van der Waals surface area contributed by atoms with Gasteiger partial charge in [0.15, 0.2) is 0 Å². The maximum absolute atomic E-state index is 6.24. The molecule has 1 aromatic rings. The van der Waals surface area contributed by atoms with Crippen LogP contribution in [0.5, 0.6) is 5.75 Å². The van der Waals surface area contributed by atoms with Crippen LogP contribution < -0.4 is 10.5 Å². The molecule has 2 rings (SSSR count). The van der Waals surface area contributed by atoms with Crippen LogP contribution in [0.15, 0.2) is 18.5 Å². The Morgan fingerprint density at radius 3 is 3.06 bits per heavy atom. The molecule has 2 heterocycles. The highest BCUT2D eigenvalue weighted by Crippen LogP contribution is 2.30. The van der Waals surface area contributed by atoms with E-state index in [2.05, 4.69) is 11.9 Å². The van der Waals surface area contributed by atoms with Gasteiger partial charge in [0, 0.05) is 12.8 Å². The molecule has 1 saturated heterocycles. The van der Waals surface area contributed by atoms with Crippen LogP contribution in [0.4, 0.5) is 0 Å². The van der Waals surface area contributed by atoms with Gasteiger partial charge in [-0.15, -0.1) is 0 Å². The van der Waals surface area contributed by atoms with Crippen LogP contribution in [-0.4, -0.2) is 24.3 Å². The van der Waals surface area contributed by atoms with E-state index in [4.69, 9.17) is 15.2 Å². The Kier molecular flexibility index (Phi) is 3.97. The van der Waals surface area contributed by atoms with Crippen molar-refractivity contribution in [1.82, 2.24) is 4.98 Å². The zero-order valence-electron chi connectivity index (χ0n) is 10.4. The fraction of sp³-hybridized carbons (Fsp3) is 0.615. The van der Waals surface area contributed by atoms with Crippen molar-refractivity contribution in [3.63, 3.8) is 0 Å². The molecule has 0 radical (unpaired) electrons. The fourth-order valence-corrected chi connectivity index (χ4v) is 2.23. The number of pyridine rings is 1. The van der Waals surface area contributed by atoms with E-state index in [-0.39, 0.29) is 12.1 Å². The van der Waals surface area contributed by atoms with Gasteiger partial charge in [-0.1, -0.05) is 6.92 Å². The molecule has 1 aromatic heterocycles. The Balaban J connectivity index is 2.12. The minimum absolute atomic E-state index is 0.0914. The molecule has 2 N–H and O–H groups in total. The van der Waals surface area contributed by atoms with Crippen molar-refractivity contribution in [1.29, 1.82) is 0 Å². The van der Waals surface area contributed by atoms with Gasteiger partial charge in [0.2, 0.25) is 0 Å².